The molecule has 0 radical (unpaired) electrons. The topological polar surface area (TPSA) is 101 Å². The van der Waals surface area contributed by atoms with Gasteiger partial charge >= 0.3 is 6.03 Å². The number of methoxy groups -OCH3 is 3. The van der Waals surface area contributed by atoms with Crippen molar-refractivity contribution in [2.24, 2.45) is 0 Å². The number of urea groups is 1. The molecule has 10 nitrogen and oxygen atoms in total. The van der Waals surface area contributed by atoms with Crippen LogP contribution in [-0.2, 0) is 21.7 Å². The SMILES string of the molecule is COc1ccc(C2(C)NC(=O)N(CC(=O)N3CCN(Cc4ccc(OC)c(OC)c4)CC3)C2=O)cc1. The van der Waals surface area contributed by atoms with Crippen LogP contribution in [0.5, 0.6) is 17.2 Å². The third-order valence-corrected chi connectivity index (χ3v) is 6.81. The summed E-state index contributed by atoms with van der Waals surface area (Å²) in [6.45, 7) is 4.48. The summed E-state index contributed by atoms with van der Waals surface area (Å²) in [7, 11) is 4.77. The molecule has 0 saturated carbocycles. The second-order valence-electron chi connectivity index (χ2n) is 9.02. The van der Waals surface area contributed by atoms with Gasteiger partial charge in [0, 0.05) is 32.7 Å². The molecule has 2 heterocycles. The van der Waals surface area contributed by atoms with Crippen LogP contribution in [0.4, 0.5) is 4.79 Å². The number of carbonyl (C=O) groups excluding carboxylic acids is 3. The fourth-order valence-electron chi connectivity index (χ4n) is 4.59. The number of imide groups is 1. The van der Waals surface area contributed by atoms with Crippen molar-refractivity contribution in [3.8, 4) is 17.2 Å². The van der Waals surface area contributed by atoms with Crippen molar-refractivity contribution < 1.29 is 28.6 Å². The zero-order chi connectivity index (χ0) is 25.9. The Bertz CT molecular complexity index is 1130. The molecule has 192 valence electrons. The van der Waals surface area contributed by atoms with Gasteiger partial charge in [-0.3, -0.25) is 19.4 Å². The summed E-state index contributed by atoms with van der Waals surface area (Å²) in [5.41, 5.74) is 0.479. The van der Waals surface area contributed by atoms with Crippen molar-refractivity contribution in [3.63, 3.8) is 0 Å². The van der Waals surface area contributed by atoms with E-state index in [-0.39, 0.29) is 12.5 Å². The number of benzene rings is 2. The van der Waals surface area contributed by atoms with Crippen LogP contribution in [0.1, 0.15) is 18.1 Å². The van der Waals surface area contributed by atoms with Crippen LogP contribution in [0.15, 0.2) is 42.5 Å². The van der Waals surface area contributed by atoms with Gasteiger partial charge in [-0.1, -0.05) is 18.2 Å². The molecule has 1 unspecified atom stereocenters. The molecule has 0 bridgehead atoms. The molecule has 1 atom stereocenters. The van der Waals surface area contributed by atoms with Crippen LogP contribution in [0.2, 0.25) is 0 Å². The number of hydrogen-bond acceptors (Lipinski definition) is 7. The minimum atomic E-state index is -1.23. The van der Waals surface area contributed by atoms with Gasteiger partial charge in [-0.25, -0.2) is 4.79 Å². The zero-order valence-corrected chi connectivity index (χ0v) is 21.1. The number of nitrogens with one attached hydrogen (secondary N) is 1. The molecule has 2 aliphatic heterocycles. The first-order valence-corrected chi connectivity index (χ1v) is 11.8. The molecular formula is C26H32N4O6. The highest BCUT2D eigenvalue weighted by atomic mass is 16.5. The summed E-state index contributed by atoms with van der Waals surface area (Å²) in [6.07, 6.45) is 0. The lowest BCUT2D eigenvalue weighted by Gasteiger charge is -2.35. The Morgan fingerprint density at radius 2 is 1.58 bits per heavy atom. The molecular weight excluding hydrogens is 464 g/mol. The van der Waals surface area contributed by atoms with Gasteiger partial charge in [0.2, 0.25) is 5.91 Å². The van der Waals surface area contributed by atoms with Crippen molar-refractivity contribution in [1.29, 1.82) is 0 Å². The summed E-state index contributed by atoms with van der Waals surface area (Å²) < 4.78 is 15.8. The highest BCUT2D eigenvalue weighted by Gasteiger charge is 2.49. The predicted octanol–water partition coefficient (Wildman–Crippen LogP) is 1.82. The Morgan fingerprint density at radius 1 is 0.917 bits per heavy atom. The Morgan fingerprint density at radius 3 is 2.19 bits per heavy atom. The Labute approximate surface area is 210 Å². The number of amides is 4. The number of piperazine rings is 1. The standard InChI is InChI=1S/C26H32N4O6/c1-26(19-6-8-20(34-2)9-7-19)24(32)30(25(33)27-26)17-23(31)29-13-11-28(12-14-29)16-18-5-10-21(35-3)22(15-18)36-4/h5-10,15H,11-14,16-17H2,1-4H3,(H,27,33). The van der Waals surface area contributed by atoms with Gasteiger partial charge in [0.25, 0.3) is 5.91 Å². The number of nitrogens with zero attached hydrogens (tertiary/aromatic N) is 3. The smallest absolute Gasteiger partial charge is 0.325 e. The summed E-state index contributed by atoms with van der Waals surface area (Å²) in [6, 6.07) is 12.2. The molecule has 2 fully saturated rings. The Hall–Kier alpha value is -3.79. The van der Waals surface area contributed by atoms with E-state index in [2.05, 4.69) is 10.2 Å². The van der Waals surface area contributed by atoms with Crippen LogP contribution >= 0.6 is 0 Å². The van der Waals surface area contributed by atoms with E-state index >= 15 is 0 Å². The van der Waals surface area contributed by atoms with Gasteiger partial charge in [0.05, 0.1) is 21.3 Å². The molecule has 1 N–H and O–H groups in total. The average Bonchev–Trinajstić information content (AvgIpc) is 3.12. The fourth-order valence-corrected chi connectivity index (χ4v) is 4.59. The molecule has 4 rings (SSSR count). The molecule has 36 heavy (non-hydrogen) atoms. The molecule has 2 saturated heterocycles. The van der Waals surface area contributed by atoms with E-state index in [0.717, 1.165) is 17.0 Å². The molecule has 2 aromatic carbocycles. The maximum atomic E-state index is 13.2. The molecule has 0 aromatic heterocycles. The normalized spacial score (nSPS) is 20.3. The summed E-state index contributed by atoms with van der Waals surface area (Å²) in [4.78, 5) is 43.8. The van der Waals surface area contributed by atoms with Crippen molar-refractivity contribution in [2.75, 3.05) is 54.1 Å². The summed E-state index contributed by atoms with van der Waals surface area (Å²) in [5.74, 6) is 1.32. The number of rotatable bonds is 8. The Balaban J connectivity index is 1.33. The molecule has 2 aliphatic rings. The zero-order valence-electron chi connectivity index (χ0n) is 21.1. The van der Waals surface area contributed by atoms with E-state index in [9.17, 15) is 14.4 Å². The van der Waals surface area contributed by atoms with Crippen LogP contribution in [0.25, 0.3) is 0 Å². The van der Waals surface area contributed by atoms with Gasteiger partial charge < -0.3 is 24.4 Å². The molecule has 0 spiro atoms. The van der Waals surface area contributed by atoms with E-state index in [0.29, 0.717) is 49.0 Å². The van der Waals surface area contributed by atoms with E-state index < -0.39 is 17.5 Å². The second-order valence-corrected chi connectivity index (χ2v) is 9.02. The first-order chi connectivity index (χ1) is 17.3. The van der Waals surface area contributed by atoms with Gasteiger partial charge in [-0.15, -0.1) is 0 Å². The summed E-state index contributed by atoms with van der Waals surface area (Å²) >= 11 is 0. The maximum Gasteiger partial charge on any atom is 0.325 e. The van der Waals surface area contributed by atoms with Crippen LogP contribution in [0.3, 0.4) is 0 Å². The van der Waals surface area contributed by atoms with Gasteiger partial charge in [0.15, 0.2) is 11.5 Å². The van der Waals surface area contributed by atoms with Crippen molar-refractivity contribution in [1.82, 2.24) is 20.0 Å². The number of ether oxygens (including phenoxy) is 3. The molecule has 0 aliphatic carbocycles. The lowest BCUT2D eigenvalue weighted by atomic mass is 9.92. The van der Waals surface area contributed by atoms with Crippen LogP contribution in [-0.4, -0.2) is 86.6 Å². The Kier molecular flexibility index (Phi) is 7.35. The van der Waals surface area contributed by atoms with Crippen molar-refractivity contribution in [2.45, 2.75) is 19.0 Å². The largest absolute Gasteiger partial charge is 0.497 e. The quantitative estimate of drug-likeness (QED) is 0.557. The second kappa shape index (κ2) is 10.4. The maximum absolute atomic E-state index is 13.2. The van der Waals surface area contributed by atoms with E-state index in [1.165, 1.54) is 0 Å². The van der Waals surface area contributed by atoms with Crippen molar-refractivity contribution >= 4 is 17.8 Å². The third-order valence-electron chi connectivity index (χ3n) is 6.81. The van der Waals surface area contributed by atoms with E-state index in [4.69, 9.17) is 14.2 Å². The van der Waals surface area contributed by atoms with E-state index in [1.807, 2.05) is 18.2 Å². The highest BCUT2D eigenvalue weighted by Crippen LogP contribution is 2.30. The van der Waals surface area contributed by atoms with Gasteiger partial charge in [-0.2, -0.15) is 0 Å². The van der Waals surface area contributed by atoms with Crippen LogP contribution < -0.4 is 19.5 Å². The first-order valence-electron chi connectivity index (χ1n) is 11.8. The average molecular weight is 497 g/mol. The third kappa shape index (κ3) is 4.94. The van der Waals surface area contributed by atoms with Crippen molar-refractivity contribution in [3.05, 3.63) is 53.6 Å². The minimum Gasteiger partial charge on any atom is -0.497 e. The molecule has 4 amide bonds. The van der Waals surface area contributed by atoms with Gasteiger partial charge in [0.1, 0.15) is 17.8 Å². The monoisotopic (exact) mass is 496 g/mol. The molecule has 10 heteroatoms. The number of carbonyl (C=O) groups is 3. The molecule has 2 aromatic rings. The lowest BCUT2D eigenvalue weighted by molar-refractivity contribution is -0.139. The summed E-state index contributed by atoms with van der Waals surface area (Å²) in [5, 5.41) is 2.74. The van der Waals surface area contributed by atoms with Gasteiger partial charge in [-0.05, 0) is 42.3 Å². The van der Waals surface area contributed by atoms with Crippen LogP contribution in [0, 0.1) is 0 Å². The fraction of sp³-hybridized carbons (Fsp3) is 0.423. The first kappa shape index (κ1) is 25.3. The highest BCUT2D eigenvalue weighted by molar-refractivity contribution is 6.09. The number of hydrogen-bond donors (Lipinski definition) is 1. The predicted molar refractivity (Wildman–Crippen MR) is 132 cm³/mol. The minimum absolute atomic E-state index is 0.247. The lowest BCUT2D eigenvalue weighted by Crippen LogP contribution is -2.51. The van der Waals surface area contributed by atoms with E-state index in [1.54, 1.807) is 57.4 Å².